The van der Waals surface area contributed by atoms with E-state index in [-0.39, 0.29) is 4.83 Å². The minimum absolute atomic E-state index is 0.235. The fourth-order valence-corrected chi connectivity index (χ4v) is 3.93. The summed E-state index contributed by atoms with van der Waals surface area (Å²) in [5, 5.41) is 0. The SMILES string of the molecule is Cc1cc(C(Br)c2cccc(C)c2C)sc1Cl. The van der Waals surface area contributed by atoms with Crippen LogP contribution in [0.1, 0.15) is 32.0 Å². The Balaban J connectivity index is 2.43. The summed E-state index contributed by atoms with van der Waals surface area (Å²) < 4.78 is 0.884. The van der Waals surface area contributed by atoms with Crippen LogP contribution in [0.25, 0.3) is 0 Å². The van der Waals surface area contributed by atoms with Gasteiger partial charge in [-0.15, -0.1) is 11.3 Å². The fourth-order valence-electron chi connectivity index (χ4n) is 1.81. The third-order valence-corrected chi connectivity index (χ3v) is 5.96. The Hall–Kier alpha value is -0.310. The molecule has 1 aromatic heterocycles. The molecule has 0 nitrogen and oxygen atoms in total. The molecule has 2 aromatic rings. The van der Waals surface area contributed by atoms with Crippen molar-refractivity contribution in [2.75, 3.05) is 0 Å². The quantitative estimate of drug-likeness (QED) is 0.610. The second-order valence-electron chi connectivity index (χ2n) is 4.26. The van der Waals surface area contributed by atoms with Gasteiger partial charge in [-0.05, 0) is 49.1 Å². The molecule has 0 aliphatic rings. The molecule has 2 rings (SSSR count). The molecule has 0 bridgehead atoms. The minimum Gasteiger partial charge on any atom is -0.127 e. The van der Waals surface area contributed by atoms with Gasteiger partial charge in [-0.3, -0.25) is 0 Å². The number of hydrogen-bond donors (Lipinski definition) is 0. The van der Waals surface area contributed by atoms with Crippen LogP contribution in [0.2, 0.25) is 4.34 Å². The smallest absolute Gasteiger partial charge is 0.0960 e. The van der Waals surface area contributed by atoms with Crippen LogP contribution < -0.4 is 0 Å². The van der Waals surface area contributed by atoms with E-state index in [2.05, 4.69) is 54.0 Å². The first-order chi connectivity index (χ1) is 8.00. The van der Waals surface area contributed by atoms with Crippen molar-refractivity contribution >= 4 is 38.9 Å². The monoisotopic (exact) mass is 328 g/mol. The molecule has 0 saturated heterocycles. The molecule has 1 heterocycles. The fraction of sp³-hybridized carbons (Fsp3) is 0.286. The largest absolute Gasteiger partial charge is 0.127 e. The van der Waals surface area contributed by atoms with Gasteiger partial charge in [-0.2, -0.15) is 0 Å². The van der Waals surface area contributed by atoms with E-state index in [1.54, 1.807) is 11.3 Å². The van der Waals surface area contributed by atoms with E-state index in [0.29, 0.717) is 0 Å². The van der Waals surface area contributed by atoms with Crippen molar-refractivity contribution in [3.8, 4) is 0 Å². The Morgan fingerprint density at radius 3 is 2.47 bits per heavy atom. The molecule has 0 fully saturated rings. The average molecular weight is 330 g/mol. The van der Waals surface area contributed by atoms with Gasteiger partial charge in [-0.1, -0.05) is 45.7 Å². The van der Waals surface area contributed by atoms with Gasteiger partial charge < -0.3 is 0 Å². The van der Waals surface area contributed by atoms with Gasteiger partial charge in [0.1, 0.15) is 0 Å². The normalized spacial score (nSPS) is 12.8. The maximum atomic E-state index is 6.13. The molecule has 90 valence electrons. The Morgan fingerprint density at radius 1 is 1.18 bits per heavy atom. The van der Waals surface area contributed by atoms with Crippen molar-refractivity contribution in [3.05, 3.63) is 55.7 Å². The van der Waals surface area contributed by atoms with Crippen LogP contribution in [0.15, 0.2) is 24.3 Å². The third-order valence-electron chi connectivity index (χ3n) is 3.05. The number of aryl methyl sites for hydroxylation is 2. The molecule has 1 atom stereocenters. The highest BCUT2D eigenvalue weighted by Crippen LogP contribution is 2.40. The number of thiophene rings is 1. The van der Waals surface area contributed by atoms with Gasteiger partial charge in [0.2, 0.25) is 0 Å². The molecular formula is C14H14BrClS. The molecule has 0 saturated carbocycles. The standard InChI is InChI=1S/C14H14BrClS/c1-8-5-4-6-11(10(8)3)13(15)12-7-9(2)14(16)17-12/h4-7,13H,1-3H3. The number of rotatable bonds is 2. The molecule has 17 heavy (non-hydrogen) atoms. The molecule has 0 spiro atoms. The Morgan fingerprint density at radius 2 is 1.88 bits per heavy atom. The third kappa shape index (κ3) is 2.59. The lowest BCUT2D eigenvalue weighted by Gasteiger charge is -2.13. The summed E-state index contributed by atoms with van der Waals surface area (Å²) in [5.41, 5.74) is 5.15. The van der Waals surface area contributed by atoms with Crippen molar-refractivity contribution in [1.29, 1.82) is 0 Å². The number of halogens is 2. The van der Waals surface area contributed by atoms with Gasteiger partial charge in [0.05, 0.1) is 9.16 Å². The Labute approximate surface area is 120 Å². The molecule has 0 aliphatic heterocycles. The van der Waals surface area contributed by atoms with E-state index in [0.717, 1.165) is 9.90 Å². The van der Waals surface area contributed by atoms with Crippen LogP contribution in [0, 0.1) is 20.8 Å². The summed E-state index contributed by atoms with van der Waals surface area (Å²) in [6, 6.07) is 8.58. The van der Waals surface area contributed by atoms with E-state index < -0.39 is 0 Å². The lowest BCUT2D eigenvalue weighted by atomic mass is 10.0. The summed E-state index contributed by atoms with van der Waals surface area (Å²) in [6.07, 6.45) is 0. The number of hydrogen-bond acceptors (Lipinski definition) is 1. The highest BCUT2D eigenvalue weighted by atomic mass is 79.9. The first-order valence-electron chi connectivity index (χ1n) is 5.46. The van der Waals surface area contributed by atoms with Crippen LogP contribution in [0.5, 0.6) is 0 Å². The highest BCUT2D eigenvalue weighted by Gasteiger charge is 2.16. The summed E-state index contributed by atoms with van der Waals surface area (Å²) in [7, 11) is 0. The zero-order valence-corrected chi connectivity index (χ0v) is 13.2. The molecular weight excluding hydrogens is 316 g/mol. The van der Waals surface area contributed by atoms with E-state index in [4.69, 9.17) is 11.6 Å². The molecule has 3 heteroatoms. The molecule has 0 radical (unpaired) electrons. The van der Waals surface area contributed by atoms with Crippen molar-refractivity contribution in [2.24, 2.45) is 0 Å². The Kier molecular flexibility index (Phi) is 3.96. The maximum Gasteiger partial charge on any atom is 0.0960 e. The van der Waals surface area contributed by atoms with E-state index in [9.17, 15) is 0 Å². The predicted molar refractivity (Wildman–Crippen MR) is 80.8 cm³/mol. The molecule has 0 amide bonds. The second kappa shape index (κ2) is 5.13. The van der Waals surface area contributed by atoms with E-state index >= 15 is 0 Å². The van der Waals surface area contributed by atoms with Crippen LogP contribution in [0.4, 0.5) is 0 Å². The van der Waals surface area contributed by atoms with Gasteiger partial charge in [0.15, 0.2) is 0 Å². The molecule has 0 N–H and O–H groups in total. The first kappa shape index (κ1) is 13.1. The topological polar surface area (TPSA) is 0 Å². The van der Waals surface area contributed by atoms with Gasteiger partial charge in [-0.25, -0.2) is 0 Å². The van der Waals surface area contributed by atoms with E-state index in [1.165, 1.54) is 21.6 Å². The summed E-state index contributed by atoms with van der Waals surface area (Å²) >= 11 is 11.6. The van der Waals surface area contributed by atoms with Crippen LogP contribution in [-0.2, 0) is 0 Å². The highest BCUT2D eigenvalue weighted by molar-refractivity contribution is 9.09. The zero-order valence-electron chi connectivity index (χ0n) is 10.1. The molecule has 1 unspecified atom stereocenters. The predicted octanol–water partition coefficient (Wildman–Crippen LogP) is 5.81. The van der Waals surface area contributed by atoms with Gasteiger partial charge >= 0.3 is 0 Å². The zero-order chi connectivity index (χ0) is 12.6. The number of benzene rings is 1. The summed E-state index contributed by atoms with van der Waals surface area (Å²) in [4.78, 5) is 1.50. The first-order valence-corrected chi connectivity index (χ1v) is 7.57. The van der Waals surface area contributed by atoms with Crippen molar-refractivity contribution in [3.63, 3.8) is 0 Å². The van der Waals surface area contributed by atoms with E-state index in [1.807, 2.05) is 6.92 Å². The molecule has 1 aromatic carbocycles. The van der Waals surface area contributed by atoms with Crippen molar-refractivity contribution in [2.45, 2.75) is 25.6 Å². The van der Waals surface area contributed by atoms with Gasteiger partial charge in [0.25, 0.3) is 0 Å². The van der Waals surface area contributed by atoms with Crippen LogP contribution in [0.3, 0.4) is 0 Å². The lowest BCUT2D eigenvalue weighted by molar-refractivity contribution is 1.15. The van der Waals surface area contributed by atoms with Crippen LogP contribution >= 0.6 is 38.9 Å². The summed E-state index contributed by atoms with van der Waals surface area (Å²) in [5.74, 6) is 0. The average Bonchev–Trinajstić information content (AvgIpc) is 2.62. The van der Waals surface area contributed by atoms with Gasteiger partial charge in [0, 0.05) is 4.88 Å². The second-order valence-corrected chi connectivity index (χ2v) is 6.86. The van der Waals surface area contributed by atoms with Crippen LogP contribution in [-0.4, -0.2) is 0 Å². The summed E-state index contributed by atoms with van der Waals surface area (Å²) in [6.45, 7) is 6.36. The maximum absolute atomic E-state index is 6.13. The lowest BCUT2D eigenvalue weighted by Crippen LogP contribution is -1.95. The Bertz CT molecular complexity index is 526. The molecule has 0 aliphatic carbocycles. The number of alkyl halides is 1. The van der Waals surface area contributed by atoms with Crippen molar-refractivity contribution < 1.29 is 0 Å². The minimum atomic E-state index is 0.235. The van der Waals surface area contributed by atoms with Crippen molar-refractivity contribution in [1.82, 2.24) is 0 Å².